The van der Waals surface area contributed by atoms with Crippen molar-refractivity contribution in [3.8, 4) is 0 Å². The van der Waals surface area contributed by atoms with Crippen molar-refractivity contribution < 1.29 is 14.5 Å². The molecule has 1 aliphatic heterocycles. The van der Waals surface area contributed by atoms with Crippen LogP contribution in [0.1, 0.15) is 18.4 Å². The Balaban J connectivity index is 2.19. The van der Waals surface area contributed by atoms with Crippen LogP contribution in [0.25, 0.3) is 0 Å². The molecule has 2 rings (SSSR count). The van der Waals surface area contributed by atoms with Crippen LogP contribution in [0.5, 0.6) is 0 Å². The lowest BCUT2D eigenvalue weighted by atomic mass is 9.96. The van der Waals surface area contributed by atoms with Gasteiger partial charge in [0.15, 0.2) is 0 Å². The molecule has 108 valence electrons. The van der Waals surface area contributed by atoms with E-state index in [2.05, 4.69) is 0 Å². The molecule has 0 atom stereocenters. The molecular formula is C14H18N2O4. The minimum Gasteiger partial charge on any atom is -0.469 e. The van der Waals surface area contributed by atoms with E-state index in [9.17, 15) is 14.9 Å². The Kier molecular flexibility index (Phi) is 4.22. The maximum absolute atomic E-state index is 11.5. The smallest absolute Gasteiger partial charge is 0.308 e. The lowest BCUT2D eigenvalue weighted by molar-refractivity contribution is -0.384. The number of methoxy groups -OCH3 is 1. The quantitative estimate of drug-likeness (QED) is 0.482. The number of hydrogen-bond acceptors (Lipinski definition) is 5. The number of ether oxygens (including phenoxy) is 1. The first-order valence-electron chi connectivity index (χ1n) is 6.61. The van der Waals surface area contributed by atoms with E-state index in [-0.39, 0.29) is 22.5 Å². The van der Waals surface area contributed by atoms with E-state index in [1.54, 1.807) is 6.07 Å². The summed E-state index contributed by atoms with van der Waals surface area (Å²) in [5.74, 6) is -0.289. The maximum atomic E-state index is 11.5. The molecule has 0 N–H and O–H groups in total. The van der Waals surface area contributed by atoms with Gasteiger partial charge in [-0.15, -0.1) is 0 Å². The van der Waals surface area contributed by atoms with Gasteiger partial charge in [-0.3, -0.25) is 14.9 Å². The van der Waals surface area contributed by atoms with Crippen LogP contribution in [0.4, 0.5) is 11.4 Å². The third-order valence-electron chi connectivity index (χ3n) is 3.76. The second-order valence-electron chi connectivity index (χ2n) is 4.98. The monoisotopic (exact) mass is 278 g/mol. The molecule has 0 bridgehead atoms. The van der Waals surface area contributed by atoms with Crippen LogP contribution < -0.4 is 4.90 Å². The number of aryl methyl sites for hydroxylation is 1. The van der Waals surface area contributed by atoms with Crippen molar-refractivity contribution in [2.75, 3.05) is 25.1 Å². The Labute approximate surface area is 117 Å². The zero-order chi connectivity index (χ0) is 14.7. The summed E-state index contributed by atoms with van der Waals surface area (Å²) in [5, 5.41) is 11.1. The molecule has 20 heavy (non-hydrogen) atoms. The van der Waals surface area contributed by atoms with Gasteiger partial charge >= 0.3 is 5.97 Å². The van der Waals surface area contributed by atoms with E-state index in [0.29, 0.717) is 31.6 Å². The van der Waals surface area contributed by atoms with Gasteiger partial charge in [-0.05, 0) is 25.3 Å². The van der Waals surface area contributed by atoms with E-state index < -0.39 is 0 Å². The molecule has 0 aliphatic carbocycles. The predicted molar refractivity (Wildman–Crippen MR) is 74.8 cm³/mol. The molecule has 1 heterocycles. The maximum Gasteiger partial charge on any atom is 0.308 e. The van der Waals surface area contributed by atoms with E-state index in [0.717, 1.165) is 5.56 Å². The molecule has 1 aliphatic rings. The van der Waals surface area contributed by atoms with Crippen molar-refractivity contribution in [2.24, 2.45) is 5.92 Å². The van der Waals surface area contributed by atoms with Crippen molar-refractivity contribution in [3.05, 3.63) is 33.9 Å². The third kappa shape index (κ3) is 2.74. The van der Waals surface area contributed by atoms with Gasteiger partial charge in [0.1, 0.15) is 5.69 Å². The molecule has 0 amide bonds. The van der Waals surface area contributed by atoms with Gasteiger partial charge in [0.05, 0.1) is 18.0 Å². The zero-order valence-corrected chi connectivity index (χ0v) is 11.7. The number of anilines is 1. The first-order valence-corrected chi connectivity index (χ1v) is 6.61. The standard InChI is InChI=1S/C14H18N2O4/c1-10-4-3-5-12(16(18)19)13(10)15-8-6-11(7-9-15)14(17)20-2/h3-5,11H,6-9H2,1-2H3. The fraction of sp³-hybridized carbons (Fsp3) is 0.500. The van der Waals surface area contributed by atoms with Gasteiger partial charge in [0.25, 0.3) is 5.69 Å². The number of carbonyl (C=O) groups is 1. The Morgan fingerprint density at radius 3 is 2.60 bits per heavy atom. The number of hydrogen-bond donors (Lipinski definition) is 0. The van der Waals surface area contributed by atoms with Crippen LogP contribution >= 0.6 is 0 Å². The molecule has 1 aromatic carbocycles. The highest BCUT2D eigenvalue weighted by Crippen LogP contribution is 2.34. The molecule has 0 aromatic heterocycles. The summed E-state index contributed by atoms with van der Waals surface area (Å²) in [4.78, 5) is 24.3. The van der Waals surface area contributed by atoms with E-state index in [4.69, 9.17) is 4.74 Å². The molecule has 1 aromatic rings. The minimum absolute atomic E-state index is 0.0978. The van der Waals surface area contributed by atoms with Crippen LogP contribution in [0, 0.1) is 23.0 Å². The normalized spacial score (nSPS) is 16.0. The molecule has 0 radical (unpaired) electrons. The van der Waals surface area contributed by atoms with E-state index >= 15 is 0 Å². The van der Waals surface area contributed by atoms with Crippen molar-refractivity contribution in [3.63, 3.8) is 0 Å². The molecule has 0 spiro atoms. The molecule has 6 heteroatoms. The Hall–Kier alpha value is -2.11. The van der Waals surface area contributed by atoms with Crippen LogP contribution in [0.2, 0.25) is 0 Å². The number of nitro benzene ring substituents is 1. The highest BCUT2D eigenvalue weighted by molar-refractivity contribution is 5.73. The first kappa shape index (κ1) is 14.3. The highest BCUT2D eigenvalue weighted by Gasteiger charge is 2.29. The SMILES string of the molecule is COC(=O)C1CCN(c2c(C)cccc2[N+](=O)[O-])CC1. The Morgan fingerprint density at radius 1 is 1.40 bits per heavy atom. The minimum atomic E-state index is -0.352. The van der Waals surface area contributed by atoms with Gasteiger partial charge < -0.3 is 9.64 Å². The lowest BCUT2D eigenvalue weighted by Gasteiger charge is -2.32. The zero-order valence-electron chi connectivity index (χ0n) is 11.7. The molecular weight excluding hydrogens is 260 g/mol. The number of nitrogens with zero attached hydrogens (tertiary/aromatic N) is 2. The molecule has 0 unspecified atom stereocenters. The van der Waals surface area contributed by atoms with Crippen molar-refractivity contribution in [2.45, 2.75) is 19.8 Å². The molecule has 1 fully saturated rings. The highest BCUT2D eigenvalue weighted by atomic mass is 16.6. The second kappa shape index (κ2) is 5.90. The summed E-state index contributed by atoms with van der Waals surface area (Å²) in [6.45, 7) is 3.13. The predicted octanol–water partition coefficient (Wildman–Crippen LogP) is 2.29. The van der Waals surface area contributed by atoms with Crippen molar-refractivity contribution in [1.29, 1.82) is 0 Å². The van der Waals surface area contributed by atoms with Gasteiger partial charge in [-0.1, -0.05) is 12.1 Å². The number of rotatable bonds is 3. The van der Waals surface area contributed by atoms with Gasteiger partial charge in [-0.2, -0.15) is 0 Å². The number of esters is 1. The van der Waals surface area contributed by atoms with Crippen LogP contribution in [0.15, 0.2) is 18.2 Å². The molecule has 1 saturated heterocycles. The first-order chi connectivity index (χ1) is 9.54. The van der Waals surface area contributed by atoms with E-state index in [1.165, 1.54) is 13.2 Å². The third-order valence-corrected chi connectivity index (χ3v) is 3.76. The summed E-state index contributed by atoms with van der Waals surface area (Å²) in [6.07, 6.45) is 1.33. The number of para-hydroxylation sites is 1. The van der Waals surface area contributed by atoms with E-state index in [1.807, 2.05) is 17.9 Å². The van der Waals surface area contributed by atoms with Crippen molar-refractivity contribution in [1.82, 2.24) is 0 Å². The number of benzene rings is 1. The summed E-state index contributed by atoms with van der Waals surface area (Å²) in [6, 6.07) is 5.08. The fourth-order valence-corrected chi connectivity index (χ4v) is 2.71. The number of carbonyl (C=O) groups excluding carboxylic acids is 1. The summed E-state index contributed by atoms with van der Waals surface area (Å²) in [7, 11) is 1.39. The summed E-state index contributed by atoms with van der Waals surface area (Å²) < 4.78 is 4.75. The average Bonchev–Trinajstić information content (AvgIpc) is 2.46. The number of nitro groups is 1. The second-order valence-corrected chi connectivity index (χ2v) is 4.98. The van der Waals surface area contributed by atoms with Crippen LogP contribution in [0.3, 0.4) is 0 Å². The van der Waals surface area contributed by atoms with Crippen LogP contribution in [-0.4, -0.2) is 31.1 Å². The average molecular weight is 278 g/mol. The summed E-state index contributed by atoms with van der Waals surface area (Å²) in [5.41, 5.74) is 1.68. The van der Waals surface area contributed by atoms with Gasteiger partial charge in [0, 0.05) is 19.2 Å². The Morgan fingerprint density at radius 2 is 2.05 bits per heavy atom. The molecule has 6 nitrogen and oxygen atoms in total. The van der Waals surface area contributed by atoms with Gasteiger partial charge in [-0.25, -0.2) is 0 Å². The van der Waals surface area contributed by atoms with Crippen molar-refractivity contribution >= 4 is 17.3 Å². The Bertz CT molecular complexity index is 522. The lowest BCUT2D eigenvalue weighted by Crippen LogP contribution is -2.37. The molecule has 0 saturated carbocycles. The number of piperidine rings is 1. The topological polar surface area (TPSA) is 72.7 Å². The summed E-state index contributed by atoms with van der Waals surface area (Å²) >= 11 is 0. The fourth-order valence-electron chi connectivity index (χ4n) is 2.71. The van der Waals surface area contributed by atoms with Crippen LogP contribution in [-0.2, 0) is 9.53 Å². The van der Waals surface area contributed by atoms with Gasteiger partial charge in [0.2, 0.25) is 0 Å². The largest absolute Gasteiger partial charge is 0.469 e.